The number of aliphatic imine (C=N–C) groups is 1. The Kier molecular flexibility index (Phi) is 6.20. The molecule has 0 unspecified atom stereocenters. The smallest absolute Gasteiger partial charge is 0.188 e. The predicted octanol–water partition coefficient (Wildman–Crippen LogP) is 2.87. The van der Waals surface area contributed by atoms with Crippen LogP contribution in [0.5, 0.6) is 11.5 Å². The second-order valence-electron chi connectivity index (χ2n) is 6.26. The summed E-state index contributed by atoms with van der Waals surface area (Å²) in [5.74, 6) is 1.92. The van der Waals surface area contributed by atoms with E-state index in [9.17, 15) is 0 Å². The Morgan fingerprint density at radius 1 is 1.04 bits per heavy atom. The van der Waals surface area contributed by atoms with Gasteiger partial charge >= 0.3 is 0 Å². The van der Waals surface area contributed by atoms with Gasteiger partial charge in [-0.25, -0.2) is 0 Å². The average Bonchev–Trinajstić information content (AvgIpc) is 3.10. The zero-order valence-electron chi connectivity index (χ0n) is 15.8. The number of ether oxygens (including phenoxy) is 2. The van der Waals surface area contributed by atoms with Gasteiger partial charge in [-0.2, -0.15) is 0 Å². The molecule has 2 aromatic carbocycles. The minimum absolute atomic E-state index is 0.464. The number of fused-ring (bicyclic) bond motifs is 1. The average molecular weight is 366 g/mol. The van der Waals surface area contributed by atoms with Crippen LogP contribution in [0.15, 0.2) is 53.5 Å². The molecule has 0 saturated carbocycles. The summed E-state index contributed by atoms with van der Waals surface area (Å²) in [6, 6.07) is 16.3. The largest absolute Gasteiger partial charge is 0.493 e. The number of nitrogens with two attached hydrogens (primary N) is 1. The van der Waals surface area contributed by atoms with Crippen LogP contribution < -0.4 is 20.5 Å². The fourth-order valence-electron chi connectivity index (χ4n) is 2.99. The third-order valence-electron chi connectivity index (χ3n) is 4.42. The first-order valence-corrected chi connectivity index (χ1v) is 9.01. The second-order valence-corrected chi connectivity index (χ2v) is 6.26. The van der Waals surface area contributed by atoms with Gasteiger partial charge in [-0.3, -0.25) is 4.99 Å². The Balaban J connectivity index is 1.45. The third kappa shape index (κ3) is 4.94. The molecule has 0 spiro atoms. The van der Waals surface area contributed by atoms with Gasteiger partial charge in [0.05, 0.1) is 14.2 Å². The van der Waals surface area contributed by atoms with Crippen molar-refractivity contribution in [1.29, 1.82) is 0 Å². The van der Waals surface area contributed by atoms with Gasteiger partial charge in [-0.1, -0.05) is 24.3 Å². The van der Waals surface area contributed by atoms with Gasteiger partial charge < -0.3 is 25.5 Å². The fourth-order valence-corrected chi connectivity index (χ4v) is 2.99. The second kappa shape index (κ2) is 8.98. The summed E-state index contributed by atoms with van der Waals surface area (Å²) in [6.45, 7) is 1.35. The third-order valence-corrected chi connectivity index (χ3v) is 4.42. The number of aromatic nitrogens is 1. The Morgan fingerprint density at radius 2 is 1.85 bits per heavy atom. The lowest BCUT2D eigenvalue weighted by atomic mass is 10.1. The van der Waals surface area contributed by atoms with Crippen molar-refractivity contribution >= 4 is 16.9 Å². The zero-order valence-corrected chi connectivity index (χ0v) is 15.8. The minimum Gasteiger partial charge on any atom is -0.493 e. The maximum Gasteiger partial charge on any atom is 0.188 e. The summed E-state index contributed by atoms with van der Waals surface area (Å²) in [4.78, 5) is 7.80. The standard InChI is InChI=1S/C21H26N4O2/c1-26-19-8-7-15(13-20(19)27-2)9-11-23-21(22)24-12-10-17-14-16-5-3-4-6-18(16)25-17/h3-8,13-14,25H,9-12H2,1-2H3,(H3,22,23,24). The van der Waals surface area contributed by atoms with E-state index in [0.29, 0.717) is 19.0 Å². The quantitative estimate of drug-likeness (QED) is 0.423. The van der Waals surface area contributed by atoms with Crippen LogP contribution in [0.4, 0.5) is 0 Å². The van der Waals surface area contributed by atoms with Crippen molar-refractivity contribution in [1.82, 2.24) is 10.3 Å². The van der Waals surface area contributed by atoms with Crippen molar-refractivity contribution in [3.63, 3.8) is 0 Å². The zero-order chi connectivity index (χ0) is 19.1. The lowest BCUT2D eigenvalue weighted by Gasteiger charge is -2.10. The molecule has 27 heavy (non-hydrogen) atoms. The lowest BCUT2D eigenvalue weighted by Crippen LogP contribution is -2.33. The first-order valence-electron chi connectivity index (χ1n) is 9.01. The molecule has 142 valence electrons. The maximum atomic E-state index is 5.96. The Hall–Kier alpha value is -3.15. The summed E-state index contributed by atoms with van der Waals surface area (Å²) in [7, 11) is 3.27. The van der Waals surface area contributed by atoms with E-state index >= 15 is 0 Å². The van der Waals surface area contributed by atoms with E-state index in [1.165, 1.54) is 5.39 Å². The van der Waals surface area contributed by atoms with E-state index in [0.717, 1.165) is 41.1 Å². The van der Waals surface area contributed by atoms with Crippen LogP contribution >= 0.6 is 0 Å². The molecule has 0 bridgehead atoms. The van der Waals surface area contributed by atoms with Crippen molar-refractivity contribution in [3.8, 4) is 11.5 Å². The number of guanidine groups is 1. The van der Waals surface area contributed by atoms with E-state index in [1.807, 2.05) is 30.3 Å². The molecule has 0 radical (unpaired) electrons. The topological polar surface area (TPSA) is 84.7 Å². The van der Waals surface area contributed by atoms with Crippen LogP contribution in [0.3, 0.4) is 0 Å². The molecular formula is C21H26N4O2. The van der Waals surface area contributed by atoms with Gasteiger partial charge in [0.15, 0.2) is 17.5 Å². The fraction of sp³-hybridized carbons (Fsp3) is 0.286. The number of methoxy groups -OCH3 is 2. The molecule has 0 aliphatic carbocycles. The molecule has 1 aromatic heterocycles. The highest BCUT2D eigenvalue weighted by Gasteiger charge is 2.04. The normalized spacial score (nSPS) is 11.6. The van der Waals surface area contributed by atoms with Crippen LogP contribution in [-0.2, 0) is 12.8 Å². The lowest BCUT2D eigenvalue weighted by molar-refractivity contribution is 0.354. The van der Waals surface area contributed by atoms with E-state index in [4.69, 9.17) is 15.2 Å². The Bertz CT molecular complexity index is 884. The van der Waals surface area contributed by atoms with Gasteiger partial charge in [0.25, 0.3) is 0 Å². The SMILES string of the molecule is COc1ccc(CCNC(N)=NCCc2cc3ccccc3[nH]2)cc1OC. The molecule has 6 nitrogen and oxygen atoms in total. The summed E-state index contributed by atoms with van der Waals surface area (Å²) in [5, 5.41) is 4.38. The number of aromatic amines is 1. The van der Waals surface area contributed by atoms with Crippen molar-refractivity contribution in [2.45, 2.75) is 12.8 Å². The number of rotatable bonds is 8. The minimum atomic E-state index is 0.464. The number of nitrogens with one attached hydrogen (secondary N) is 2. The van der Waals surface area contributed by atoms with Gasteiger partial charge in [0.2, 0.25) is 0 Å². The summed E-state index contributed by atoms with van der Waals surface area (Å²) in [5.41, 5.74) is 9.42. The highest BCUT2D eigenvalue weighted by Crippen LogP contribution is 2.27. The van der Waals surface area contributed by atoms with E-state index in [-0.39, 0.29) is 0 Å². The van der Waals surface area contributed by atoms with Crippen molar-refractivity contribution in [3.05, 3.63) is 59.8 Å². The molecule has 0 aliphatic heterocycles. The van der Waals surface area contributed by atoms with Crippen LogP contribution in [0.2, 0.25) is 0 Å². The van der Waals surface area contributed by atoms with Crippen LogP contribution in [0.25, 0.3) is 10.9 Å². The first kappa shape index (κ1) is 18.6. The number of benzene rings is 2. The van der Waals surface area contributed by atoms with Gasteiger partial charge in [-0.05, 0) is 41.6 Å². The number of nitrogens with zero attached hydrogens (tertiary/aromatic N) is 1. The predicted molar refractivity (Wildman–Crippen MR) is 110 cm³/mol. The molecule has 0 fully saturated rings. The molecule has 3 aromatic rings. The number of hydrogen-bond donors (Lipinski definition) is 3. The molecule has 3 rings (SSSR count). The summed E-state index contributed by atoms with van der Waals surface area (Å²) in [6.07, 6.45) is 1.64. The molecule has 0 amide bonds. The monoisotopic (exact) mass is 366 g/mol. The van der Waals surface area contributed by atoms with E-state index in [2.05, 4.69) is 33.5 Å². The number of H-pyrrole nitrogens is 1. The molecular weight excluding hydrogens is 340 g/mol. The summed E-state index contributed by atoms with van der Waals surface area (Å²) < 4.78 is 10.6. The first-order chi connectivity index (χ1) is 13.2. The molecule has 0 saturated heterocycles. The van der Waals surface area contributed by atoms with Crippen molar-refractivity contribution < 1.29 is 9.47 Å². The Labute approximate surface area is 159 Å². The number of para-hydroxylation sites is 1. The van der Waals surface area contributed by atoms with Crippen LogP contribution in [0, 0.1) is 0 Å². The number of hydrogen-bond acceptors (Lipinski definition) is 3. The molecule has 1 heterocycles. The van der Waals surface area contributed by atoms with Gasteiger partial charge in [0.1, 0.15) is 0 Å². The van der Waals surface area contributed by atoms with Gasteiger partial charge in [-0.15, -0.1) is 0 Å². The van der Waals surface area contributed by atoms with E-state index < -0.39 is 0 Å². The van der Waals surface area contributed by atoms with Crippen molar-refractivity contribution in [2.24, 2.45) is 10.7 Å². The van der Waals surface area contributed by atoms with Crippen molar-refractivity contribution in [2.75, 3.05) is 27.3 Å². The van der Waals surface area contributed by atoms with E-state index in [1.54, 1.807) is 14.2 Å². The molecule has 0 atom stereocenters. The van der Waals surface area contributed by atoms with Crippen LogP contribution in [-0.4, -0.2) is 38.3 Å². The van der Waals surface area contributed by atoms with Gasteiger partial charge in [0, 0.05) is 30.7 Å². The highest BCUT2D eigenvalue weighted by molar-refractivity contribution is 5.80. The Morgan fingerprint density at radius 3 is 2.63 bits per heavy atom. The van der Waals surface area contributed by atoms with Crippen LogP contribution in [0.1, 0.15) is 11.3 Å². The maximum absolute atomic E-state index is 5.96. The molecule has 6 heteroatoms. The summed E-state index contributed by atoms with van der Waals surface area (Å²) >= 11 is 0. The highest BCUT2D eigenvalue weighted by atomic mass is 16.5. The molecule has 0 aliphatic rings. The molecule has 4 N–H and O–H groups in total.